The van der Waals surface area contributed by atoms with Crippen LogP contribution in [0.15, 0.2) is 42.7 Å². The van der Waals surface area contributed by atoms with Gasteiger partial charge < -0.3 is 9.80 Å². The Balaban J connectivity index is 1.33. The fourth-order valence-corrected chi connectivity index (χ4v) is 3.94. The van der Waals surface area contributed by atoms with Crippen LogP contribution in [-0.4, -0.2) is 64.9 Å². The SMILES string of the molecule is O=C(CN1CCN(c2ncccn2)CC1)N1CCC[C@H]1c1ccc(F)cc1. The van der Waals surface area contributed by atoms with Crippen molar-refractivity contribution < 1.29 is 9.18 Å². The predicted molar refractivity (Wildman–Crippen MR) is 101 cm³/mol. The van der Waals surface area contributed by atoms with Gasteiger partial charge >= 0.3 is 0 Å². The number of hydrogen-bond donors (Lipinski definition) is 0. The second-order valence-electron chi connectivity index (χ2n) is 7.11. The lowest BCUT2D eigenvalue weighted by Gasteiger charge is -2.35. The highest BCUT2D eigenvalue weighted by atomic mass is 19.1. The van der Waals surface area contributed by atoms with Crippen LogP contribution in [0.3, 0.4) is 0 Å². The number of amides is 1. The summed E-state index contributed by atoms with van der Waals surface area (Å²) < 4.78 is 13.2. The summed E-state index contributed by atoms with van der Waals surface area (Å²) in [5, 5.41) is 0. The zero-order valence-corrected chi connectivity index (χ0v) is 15.3. The van der Waals surface area contributed by atoms with Gasteiger partial charge in [0.25, 0.3) is 0 Å². The Morgan fingerprint density at radius 3 is 2.44 bits per heavy atom. The fourth-order valence-electron chi connectivity index (χ4n) is 3.94. The molecule has 0 spiro atoms. The van der Waals surface area contributed by atoms with Gasteiger partial charge in [-0.2, -0.15) is 0 Å². The molecule has 2 saturated heterocycles. The van der Waals surface area contributed by atoms with Gasteiger partial charge in [-0.1, -0.05) is 12.1 Å². The highest BCUT2D eigenvalue weighted by Crippen LogP contribution is 2.32. The lowest BCUT2D eigenvalue weighted by Crippen LogP contribution is -2.50. The van der Waals surface area contributed by atoms with E-state index in [-0.39, 0.29) is 17.8 Å². The van der Waals surface area contributed by atoms with Crippen LogP contribution in [0.2, 0.25) is 0 Å². The number of likely N-dealkylation sites (tertiary alicyclic amines) is 1. The molecular formula is C20H24FN5O. The van der Waals surface area contributed by atoms with Crippen molar-refractivity contribution in [3.05, 3.63) is 54.1 Å². The molecule has 7 heteroatoms. The Kier molecular flexibility index (Phi) is 5.29. The quantitative estimate of drug-likeness (QED) is 0.826. The second-order valence-corrected chi connectivity index (χ2v) is 7.11. The molecule has 1 amide bonds. The summed E-state index contributed by atoms with van der Waals surface area (Å²) in [5.74, 6) is 0.667. The van der Waals surface area contributed by atoms with E-state index >= 15 is 0 Å². The van der Waals surface area contributed by atoms with E-state index in [4.69, 9.17) is 0 Å². The van der Waals surface area contributed by atoms with Gasteiger partial charge in [0.05, 0.1) is 12.6 Å². The second kappa shape index (κ2) is 8.00. The molecule has 4 rings (SSSR count). The van der Waals surface area contributed by atoms with Gasteiger partial charge in [0.1, 0.15) is 5.82 Å². The Hall–Kier alpha value is -2.54. The summed E-state index contributed by atoms with van der Waals surface area (Å²) in [6.07, 6.45) is 5.44. The van der Waals surface area contributed by atoms with Gasteiger partial charge in [0, 0.05) is 45.1 Å². The number of hydrogen-bond acceptors (Lipinski definition) is 5. The third-order valence-electron chi connectivity index (χ3n) is 5.39. The minimum atomic E-state index is -0.241. The van der Waals surface area contributed by atoms with Crippen molar-refractivity contribution in [3.8, 4) is 0 Å². The lowest BCUT2D eigenvalue weighted by molar-refractivity contribution is -0.133. The van der Waals surface area contributed by atoms with Crippen LogP contribution >= 0.6 is 0 Å². The third kappa shape index (κ3) is 4.08. The topological polar surface area (TPSA) is 52.6 Å². The van der Waals surface area contributed by atoms with E-state index in [1.807, 2.05) is 11.0 Å². The molecule has 0 unspecified atom stereocenters. The van der Waals surface area contributed by atoms with E-state index in [0.717, 1.165) is 57.1 Å². The van der Waals surface area contributed by atoms with Crippen LogP contribution in [0.5, 0.6) is 0 Å². The third-order valence-corrected chi connectivity index (χ3v) is 5.39. The number of carbonyl (C=O) groups is 1. The van der Waals surface area contributed by atoms with Gasteiger partial charge in [0.15, 0.2) is 0 Å². The number of nitrogens with zero attached hydrogens (tertiary/aromatic N) is 5. The molecule has 2 aliphatic rings. The summed E-state index contributed by atoms with van der Waals surface area (Å²) >= 11 is 0. The molecular weight excluding hydrogens is 345 g/mol. The summed E-state index contributed by atoms with van der Waals surface area (Å²) in [6.45, 7) is 4.48. The first-order chi connectivity index (χ1) is 13.2. The maximum Gasteiger partial charge on any atom is 0.237 e. The number of rotatable bonds is 4. The molecule has 142 valence electrons. The zero-order chi connectivity index (χ0) is 18.6. The highest BCUT2D eigenvalue weighted by Gasteiger charge is 2.31. The van der Waals surface area contributed by atoms with E-state index in [2.05, 4.69) is 19.8 Å². The van der Waals surface area contributed by atoms with Crippen molar-refractivity contribution in [2.45, 2.75) is 18.9 Å². The largest absolute Gasteiger partial charge is 0.338 e. The van der Waals surface area contributed by atoms with Crippen molar-refractivity contribution in [1.82, 2.24) is 19.8 Å². The standard InChI is InChI=1S/C20H24FN5O/c21-17-6-4-16(5-7-17)18-3-1-10-26(18)19(27)15-24-11-13-25(14-12-24)20-22-8-2-9-23-20/h2,4-9,18H,1,3,10-15H2/t18-/m0/s1. The molecule has 0 N–H and O–H groups in total. The molecule has 0 radical (unpaired) electrons. The smallest absolute Gasteiger partial charge is 0.237 e. The average Bonchev–Trinajstić information content (AvgIpc) is 3.20. The van der Waals surface area contributed by atoms with Crippen LogP contribution in [-0.2, 0) is 4.79 Å². The summed E-state index contributed by atoms with van der Waals surface area (Å²) in [4.78, 5) is 27.8. The van der Waals surface area contributed by atoms with Crippen molar-refractivity contribution in [2.24, 2.45) is 0 Å². The fraction of sp³-hybridized carbons (Fsp3) is 0.450. The summed E-state index contributed by atoms with van der Waals surface area (Å²) in [7, 11) is 0. The number of aromatic nitrogens is 2. The molecule has 6 nitrogen and oxygen atoms in total. The van der Waals surface area contributed by atoms with Gasteiger partial charge in [-0.05, 0) is 36.6 Å². The molecule has 1 aromatic carbocycles. The minimum absolute atomic E-state index is 0.0668. The number of piperazine rings is 1. The van der Waals surface area contributed by atoms with E-state index in [9.17, 15) is 9.18 Å². The van der Waals surface area contributed by atoms with E-state index in [1.165, 1.54) is 12.1 Å². The monoisotopic (exact) mass is 369 g/mol. The highest BCUT2D eigenvalue weighted by molar-refractivity contribution is 5.79. The van der Waals surface area contributed by atoms with Gasteiger partial charge in [-0.15, -0.1) is 0 Å². The average molecular weight is 369 g/mol. The minimum Gasteiger partial charge on any atom is -0.338 e. The van der Waals surface area contributed by atoms with Crippen molar-refractivity contribution in [2.75, 3.05) is 44.2 Å². The first-order valence-corrected chi connectivity index (χ1v) is 9.50. The lowest BCUT2D eigenvalue weighted by atomic mass is 10.0. The van der Waals surface area contributed by atoms with Crippen molar-refractivity contribution in [3.63, 3.8) is 0 Å². The van der Waals surface area contributed by atoms with Gasteiger partial charge in [0.2, 0.25) is 11.9 Å². The number of benzene rings is 1. The molecule has 2 aliphatic heterocycles. The maximum absolute atomic E-state index is 13.2. The first-order valence-electron chi connectivity index (χ1n) is 9.50. The Morgan fingerprint density at radius 1 is 1.04 bits per heavy atom. The molecule has 2 aromatic rings. The van der Waals surface area contributed by atoms with Crippen molar-refractivity contribution in [1.29, 1.82) is 0 Å². The Bertz CT molecular complexity index is 762. The normalized spacial score (nSPS) is 20.9. The zero-order valence-electron chi connectivity index (χ0n) is 15.3. The summed E-state index contributed by atoms with van der Waals surface area (Å²) in [5.41, 5.74) is 1.02. The van der Waals surface area contributed by atoms with Crippen LogP contribution < -0.4 is 4.90 Å². The Labute approximate surface area is 158 Å². The Morgan fingerprint density at radius 2 is 1.74 bits per heavy atom. The van der Waals surface area contributed by atoms with E-state index in [0.29, 0.717) is 6.54 Å². The molecule has 1 aromatic heterocycles. The molecule has 0 aliphatic carbocycles. The molecule has 0 bridgehead atoms. The van der Waals surface area contributed by atoms with E-state index < -0.39 is 0 Å². The van der Waals surface area contributed by atoms with Gasteiger partial charge in [-0.25, -0.2) is 14.4 Å². The summed E-state index contributed by atoms with van der Waals surface area (Å²) in [6, 6.07) is 8.42. The number of carbonyl (C=O) groups excluding carboxylic acids is 1. The molecule has 3 heterocycles. The molecule has 0 saturated carbocycles. The van der Waals surface area contributed by atoms with Crippen LogP contribution in [0.4, 0.5) is 10.3 Å². The van der Waals surface area contributed by atoms with Crippen LogP contribution in [0.1, 0.15) is 24.4 Å². The van der Waals surface area contributed by atoms with Crippen LogP contribution in [0, 0.1) is 5.82 Å². The molecule has 1 atom stereocenters. The first kappa shape index (κ1) is 17.9. The van der Waals surface area contributed by atoms with Crippen molar-refractivity contribution >= 4 is 11.9 Å². The molecule has 2 fully saturated rings. The number of halogens is 1. The maximum atomic E-state index is 13.2. The van der Waals surface area contributed by atoms with Gasteiger partial charge in [-0.3, -0.25) is 9.69 Å². The molecule has 27 heavy (non-hydrogen) atoms. The van der Waals surface area contributed by atoms with E-state index in [1.54, 1.807) is 24.5 Å². The van der Waals surface area contributed by atoms with Crippen LogP contribution in [0.25, 0.3) is 0 Å². The predicted octanol–water partition coefficient (Wildman–Crippen LogP) is 2.10. The number of anilines is 1.